The Labute approximate surface area is 177 Å². The third kappa shape index (κ3) is 4.67. The van der Waals surface area contributed by atoms with Gasteiger partial charge in [-0.2, -0.15) is 0 Å². The zero-order chi connectivity index (χ0) is 21.7. The molecule has 1 amide bonds. The van der Waals surface area contributed by atoms with Crippen LogP contribution < -0.4 is 5.32 Å². The van der Waals surface area contributed by atoms with Crippen molar-refractivity contribution in [1.82, 2.24) is 10.3 Å². The van der Waals surface area contributed by atoms with Crippen molar-refractivity contribution in [3.05, 3.63) is 76.5 Å². The van der Waals surface area contributed by atoms with Crippen molar-refractivity contribution < 1.29 is 14.3 Å². The lowest BCUT2D eigenvalue weighted by atomic mass is 10.0. The minimum Gasteiger partial charge on any atom is -0.452 e. The largest absolute Gasteiger partial charge is 0.452 e. The number of hydrogen-bond donors (Lipinski definition) is 1. The maximum absolute atomic E-state index is 12.9. The molecule has 0 saturated carbocycles. The summed E-state index contributed by atoms with van der Waals surface area (Å²) in [5.74, 6) is -0.818. The fourth-order valence-electron chi connectivity index (χ4n) is 3.62. The number of rotatable bonds is 7. The van der Waals surface area contributed by atoms with E-state index in [1.54, 1.807) is 0 Å². The minimum absolute atomic E-state index is 0.119. The molecule has 0 spiro atoms. The lowest BCUT2D eigenvalue weighted by molar-refractivity contribution is -0.125. The highest BCUT2D eigenvalue weighted by Gasteiger charge is 2.20. The molecule has 0 saturated heterocycles. The molecular weight excluding hydrogens is 376 g/mol. The van der Waals surface area contributed by atoms with Crippen LogP contribution in [0.4, 0.5) is 0 Å². The first-order chi connectivity index (χ1) is 14.4. The molecule has 30 heavy (non-hydrogen) atoms. The maximum atomic E-state index is 12.9. The van der Waals surface area contributed by atoms with Crippen LogP contribution in [-0.4, -0.2) is 23.5 Å². The summed E-state index contributed by atoms with van der Waals surface area (Å²) in [6.07, 6.45) is 1.46. The van der Waals surface area contributed by atoms with Crippen LogP contribution in [0.25, 0.3) is 10.9 Å². The first-order valence-electron chi connectivity index (χ1n) is 10.4. The molecule has 2 aromatic carbocycles. The normalized spacial score (nSPS) is 11.9. The number of carbonyl (C=O) groups is 2. The van der Waals surface area contributed by atoms with Gasteiger partial charge in [0.2, 0.25) is 0 Å². The molecule has 3 aromatic rings. The van der Waals surface area contributed by atoms with Crippen molar-refractivity contribution in [1.29, 1.82) is 0 Å². The van der Waals surface area contributed by atoms with E-state index in [4.69, 9.17) is 4.74 Å². The maximum Gasteiger partial charge on any atom is 0.339 e. The zero-order valence-corrected chi connectivity index (χ0v) is 18.0. The molecule has 0 aliphatic heterocycles. The molecule has 0 fully saturated rings. The van der Waals surface area contributed by atoms with Gasteiger partial charge in [0.25, 0.3) is 5.91 Å². The van der Waals surface area contributed by atoms with Crippen LogP contribution in [0.5, 0.6) is 0 Å². The van der Waals surface area contributed by atoms with E-state index in [0.29, 0.717) is 12.0 Å². The summed E-state index contributed by atoms with van der Waals surface area (Å²) in [4.78, 5) is 30.0. The molecule has 156 valence electrons. The summed E-state index contributed by atoms with van der Waals surface area (Å²) < 4.78 is 5.40. The summed E-state index contributed by atoms with van der Waals surface area (Å²) >= 11 is 0. The van der Waals surface area contributed by atoms with Gasteiger partial charge in [-0.15, -0.1) is 0 Å². The fourth-order valence-corrected chi connectivity index (χ4v) is 3.62. The second-order valence-electron chi connectivity index (χ2n) is 7.44. The van der Waals surface area contributed by atoms with E-state index < -0.39 is 5.97 Å². The van der Waals surface area contributed by atoms with Crippen molar-refractivity contribution in [2.24, 2.45) is 0 Å². The third-order valence-corrected chi connectivity index (χ3v) is 5.33. The van der Waals surface area contributed by atoms with Crippen LogP contribution in [-0.2, 0) is 16.0 Å². The number of aromatic nitrogens is 1. The monoisotopic (exact) mass is 404 g/mol. The number of carbonyl (C=O) groups excluding carboxylic acids is 2. The predicted octanol–water partition coefficient (Wildman–Crippen LogP) is 4.84. The second kappa shape index (κ2) is 9.53. The summed E-state index contributed by atoms with van der Waals surface area (Å²) in [5.41, 5.74) is 5.09. The highest BCUT2D eigenvalue weighted by atomic mass is 16.5. The average Bonchev–Trinajstić information content (AvgIpc) is 2.76. The van der Waals surface area contributed by atoms with Crippen LogP contribution >= 0.6 is 0 Å². The number of fused-ring (bicyclic) bond motifs is 1. The first-order valence-corrected chi connectivity index (χ1v) is 10.4. The number of esters is 1. The van der Waals surface area contributed by atoms with Gasteiger partial charge in [-0.25, -0.2) is 4.79 Å². The van der Waals surface area contributed by atoms with E-state index >= 15 is 0 Å². The molecule has 5 heteroatoms. The van der Waals surface area contributed by atoms with Gasteiger partial charge < -0.3 is 10.1 Å². The van der Waals surface area contributed by atoms with Crippen molar-refractivity contribution >= 4 is 22.8 Å². The zero-order valence-electron chi connectivity index (χ0n) is 18.0. The van der Waals surface area contributed by atoms with Crippen molar-refractivity contribution in [3.8, 4) is 0 Å². The van der Waals surface area contributed by atoms with Gasteiger partial charge in [-0.05, 0) is 43.9 Å². The number of nitrogens with zero attached hydrogens (tertiary/aromatic N) is 1. The molecule has 1 heterocycles. The van der Waals surface area contributed by atoms with Gasteiger partial charge in [-0.1, -0.05) is 61.9 Å². The predicted molar refractivity (Wildman–Crippen MR) is 118 cm³/mol. The second-order valence-corrected chi connectivity index (χ2v) is 7.44. The summed E-state index contributed by atoms with van der Waals surface area (Å²) in [5, 5.41) is 3.69. The van der Waals surface area contributed by atoms with Gasteiger partial charge in [0, 0.05) is 11.1 Å². The summed E-state index contributed by atoms with van der Waals surface area (Å²) in [6, 6.07) is 15.4. The molecule has 1 aromatic heterocycles. The number of ether oxygens (including phenoxy) is 1. The van der Waals surface area contributed by atoms with Crippen LogP contribution in [0.1, 0.15) is 59.1 Å². The van der Waals surface area contributed by atoms with Crippen LogP contribution in [0.3, 0.4) is 0 Å². The smallest absolute Gasteiger partial charge is 0.339 e. The molecule has 0 bridgehead atoms. The SMILES string of the molecule is CCc1nc2ccccc2c(C(=O)OCC(=O)N[C@@H](CC)c2ccc(C)cc2)c1C. The third-order valence-electron chi connectivity index (χ3n) is 5.33. The summed E-state index contributed by atoms with van der Waals surface area (Å²) in [7, 11) is 0. The quantitative estimate of drug-likeness (QED) is 0.572. The van der Waals surface area contributed by atoms with E-state index in [2.05, 4.69) is 10.3 Å². The van der Waals surface area contributed by atoms with Crippen molar-refractivity contribution in [2.45, 2.75) is 46.6 Å². The number of hydrogen-bond acceptors (Lipinski definition) is 4. The van der Waals surface area contributed by atoms with Gasteiger partial charge in [-0.3, -0.25) is 9.78 Å². The molecule has 3 rings (SSSR count). The number of benzene rings is 2. The molecule has 1 atom stereocenters. The molecular formula is C25H28N2O3. The Morgan fingerprint density at radius 1 is 1.03 bits per heavy atom. The highest BCUT2D eigenvalue weighted by Crippen LogP contribution is 2.24. The number of nitrogens with one attached hydrogen (secondary N) is 1. The fraction of sp³-hybridized carbons (Fsp3) is 0.320. The first kappa shape index (κ1) is 21.5. The van der Waals surface area contributed by atoms with E-state index in [1.807, 2.05) is 76.2 Å². The molecule has 5 nitrogen and oxygen atoms in total. The Bertz CT molecular complexity index is 1060. The number of aryl methyl sites for hydroxylation is 2. The van der Waals surface area contributed by atoms with Crippen LogP contribution in [0.15, 0.2) is 48.5 Å². The molecule has 0 aliphatic carbocycles. The lowest BCUT2D eigenvalue weighted by Crippen LogP contribution is -2.32. The average molecular weight is 405 g/mol. The Kier molecular flexibility index (Phi) is 6.83. The number of amides is 1. The summed E-state index contributed by atoms with van der Waals surface area (Å²) in [6.45, 7) is 7.59. The van der Waals surface area contributed by atoms with Crippen LogP contribution in [0, 0.1) is 13.8 Å². The van der Waals surface area contributed by atoms with E-state index in [-0.39, 0.29) is 18.6 Å². The molecule has 0 unspecified atom stereocenters. The van der Waals surface area contributed by atoms with Crippen LogP contribution in [0.2, 0.25) is 0 Å². The van der Waals surface area contributed by atoms with Gasteiger partial charge >= 0.3 is 5.97 Å². The Morgan fingerprint density at radius 2 is 1.73 bits per heavy atom. The van der Waals surface area contributed by atoms with Gasteiger partial charge in [0.15, 0.2) is 6.61 Å². The Hall–Kier alpha value is -3.21. The van der Waals surface area contributed by atoms with Crippen molar-refractivity contribution in [3.63, 3.8) is 0 Å². The number of para-hydroxylation sites is 1. The number of pyridine rings is 1. The van der Waals surface area contributed by atoms with Gasteiger partial charge in [0.05, 0.1) is 17.1 Å². The van der Waals surface area contributed by atoms with E-state index in [0.717, 1.165) is 34.1 Å². The standard InChI is InChI=1S/C25H28N2O3/c1-5-20-17(4)24(19-9-7-8-10-22(19)26-20)25(29)30-15-23(28)27-21(6-2)18-13-11-16(3)12-14-18/h7-14,21H,5-6,15H2,1-4H3,(H,27,28)/t21-/m0/s1. The lowest BCUT2D eigenvalue weighted by Gasteiger charge is -2.18. The van der Waals surface area contributed by atoms with E-state index in [1.165, 1.54) is 5.56 Å². The molecule has 0 aliphatic rings. The highest BCUT2D eigenvalue weighted by molar-refractivity contribution is 6.05. The topological polar surface area (TPSA) is 68.3 Å². The van der Waals surface area contributed by atoms with E-state index in [9.17, 15) is 9.59 Å². The van der Waals surface area contributed by atoms with Crippen molar-refractivity contribution in [2.75, 3.05) is 6.61 Å². The molecule has 1 N–H and O–H groups in total. The Balaban J connectivity index is 1.73. The minimum atomic E-state index is -0.501. The molecule has 0 radical (unpaired) electrons. The Morgan fingerprint density at radius 3 is 2.40 bits per heavy atom. The van der Waals surface area contributed by atoms with Gasteiger partial charge in [0.1, 0.15) is 0 Å².